The van der Waals surface area contributed by atoms with Crippen molar-refractivity contribution in [2.24, 2.45) is 0 Å². The van der Waals surface area contributed by atoms with Crippen molar-refractivity contribution in [3.63, 3.8) is 0 Å². The van der Waals surface area contributed by atoms with E-state index in [4.69, 9.17) is 4.42 Å². The molecule has 1 unspecified atom stereocenters. The second-order valence-electron chi connectivity index (χ2n) is 7.67. The van der Waals surface area contributed by atoms with E-state index in [0.717, 1.165) is 5.56 Å². The van der Waals surface area contributed by atoms with E-state index < -0.39 is 5.25 Å². The number of nitrogens with zero attached hydrogens (tertiary/aromatic N) is 4. The lowest BCUT2D eigenvalue weighted by Gasteiger charge is -2.13. The van der Waals surface area contributed by atoms with Gasteiger partial charge in [0.05, 0.1) is 34.6 Å². The first kappa shape index (κ1) is 21.0. The lowest BCUT2D eigenvalue weighted by molar-refractivity contribution is -0.120. The van der Waals surface area contributed by atoms with E-state index in [1.54, 1.807) is 36.0 Å². The van der Waals surface area contributed by atoms with Crippen molar-refractivity contribution in [3.05, 3.63) is 88.6 Å². The zero-order chi connectivity index (χ0) is 22.9. The Balaban J connectivity index is 1.56. The molecule has 0 saturated heterocycles. The van der Waals surface area contributed by atoms with Crippen molar-refractivity contribution in [1.82, 2.24) is 24.5 Å². The lowest BCUT2D eigenvalue weighted by atomic mass is 10.2. The molecule has 2 aromatic carbocycles. The normalized spacial score (nSPS) is 12.3. The third-order valence-electron chi connectivity index (χ3n) is 5.36. The molecule has 1 amide bonds. The van der Waals surface area contributed by atoms with Crippen LogP contribution in [0.15, 0.2) is 81.3 Å². The summed E-state index contributed by atoms with van der Waals surface area (Å²) in [6.07, 6.45) is 1.57. The summed E-state index contributed by atoms with van der Waals surface area (Å²) in [6.45, 7) is 4.11. The SMILES string of the molecule is Cc1ccc(-n2c(=O)c3ccccc3n3c(SC(C)C(=O)NCc4ccco4)nnc23)cc1. The van der Waals surface area contributed by atoms with E-state index in [2.05, 4.69) is 15.5 Å². The predicted octanol–water partition coefficient (Wildman–Crippen LogP) is 3.73. The molecule has 0 aliphatic carbocycles. The van der Waals surface area contributed by atoms with Crippen LogP contribution >= 0.6 is 11.8 Å². The number of thioether (sulfide) groups is 1. The van der Waals surface area contributed by atoms with Gasteiger partial charge in [0.2, 0.25) is 11.7 Å². The van der Waals surface area contributed by atoms with E-state index in [0.29, 0.717) is 39.8 Å². The Morgan fingerprint density at radius 3 is 2.64 bits per heavy atom. The van der Waals surface area contributed by atoms with Gasteiger partial charge >= 0.3 is 0 Å². The number of hydrogen-bond donors (Lipinski definition) is 1. The number of fused-ring (bicyclic) bond motifs is 3. The van der Waals surface area contributed by atoms with Gasteiger partial charge in [0.15, 0.2) is 5.16 Å². The minimum absolute atomic E-state index is 0.149. The number of aryl methyl sites for hydroxylation is 1. The summed E-state index contributed by atoms with van der Waals surface area (Å²) in [5, 5.41) is 12.2. The molecule has 3 aromatic heterocycles. The van der Waals surface area contributed by atoms with Crippen LogP contribution in [0.2, 0.25) is 0 Å². The maximum Gasteiger partial charge on any atom is 0.267 e. The maximum absolute atomic E-state index is 13.4. The summed E-state index contributed by atoms with van der Waals surface area (Å²) in [5.74, 6) is 0.930. The van der Waals surface area contributed by atoms with Crippen molar-refractivity contribution in [2.45, 2.75) is 30.8 Å². The van der Waals surface area contributed by atoms with Gasteiger partial charge in [0.25, 0.3) is 5.56 Å². The first-order valence-electron chi connectivity index (χ1n) is 10.5. The number of amides is 1. The minimum Gasteiger partial charge on any atom is -0.467 e. The Kier molecular flexibility index (Phi) is 5.47. The highest BCUT2D eigenvalue weighted by molar-refractivity contribution is 8.00. The Morgan fingerprint density at radius 1 is 1.09 bits per heavy atom. The topological polar surface area (TPSA) is 94.4 Å². The molecule has 0 fully saturated rings. The number of hydrogen-bond acceptors (Lipinski definition) is 6. The zero-order valence-corrected chi connectivity index (χ0v) is 18.9. The van der Waals surface area contributed by atoms with Gasteiger partial charge in [-0.2, -0.15) is 0 Å². The summed E-state index contributed by atoms with van der Waals surface area (Å²) in [5.41, 5.74) is 2.32. The van der Waals surface area contributed by atoms with E-state index in [-0.39, 0.29) is 11.5 Å². The van der Waals surface area contributed by atoms with Crippen LogP contribution in [0, 0.1) is 6.92 Å². The van der Waals surface area contributed by atoms with Crippen LogP contribution in [-0.2, 0) is 11.3 Å². The van der Waals surface area contributed by atoms with Crippen molar-refractivity contribution in [3.8, 4) is 5.69 Å². The molecule has 9 heteroatoms. The molecule has 0 aliphatic heterocycles. The molecule has 0 radical (unpaired) electrons. The Hall–Kier alpha value is -3.85. The second-order valence-corrected chi connectivity index (χ2v) is 8.98. The van der Waals surface area contributed by atoms with Gasteiger partial charge in [-0.15, -0.1) is 10.2 Å². The van der Waals surface area contributed by atoms with Gasteiger partial charge in [0.1, 0.15) is 5.76 Å². The third-order valence-corrected chi connectivity index (χ3v) is 6.40. The highest BCUT2D eigenvalue weighted by Gasteiger charge is 2.22. The number of furan rings is 1. The number of para-hydroxylation sites is 1. The number of carbonyl (C=O) groups excluding carboxylic acids is 1. The molecule has 5 aromatic rings. The van der Waals surface area contributed by atoms with Crippen LogP contribution in [0.1, 0.15) is 18.2 Å². The summed E-state index contributed by atoms with van der Waals surface area (Å²) in [7, 11) is 0. The van der Waals surface area contributed by atoms with Gasteiger partial charge in [-0.1, -0.05) is 41.6 Å². The first-order chi connectivity index (χ1) is 16.0. The fourth-order valence-corrected chi connectivity index (χ4v) is 4.50. The average molecular weight is 460 g/mol. The van der Waals surface area contributed by atoms with Crippen LogP contribution in [-0.4, -0.2) is 30.3 Å². The largest absolute Gasteiger partial charge is 0.467 e. The van der Waals surface area contributed by atoms with Gasteiger partial charge < -0.3 is 9.73 Å². The molecule has 8 nitrogen and oxygen atoms in total. The smallest absolute Gasteiger partial charge is 0.267 e. The Bertz CT molecular complexity index is 1500. The van der Waals surface area contributed by atoms with Crippen LogP contribution in [0.4, 0.5) is 0 Å². The van der Waals surface area contributed by atoms with E-state index >= 15 is 0 Å². The van der Waals surface area contributed by atoms with Crippen molar-refractivity contribution in [2.75, 3.05) is 0 Å². The molecule has 0 spiro atoms. The summed E-state index contributed by atoms with van der Waals surface area (Å²) < 4.78 is 8.66. The fraction of sp³-hybridized carbons (Fsp3) is 0.167. The molecule has 0 bridgehead atoms. The molecular formula is C24H21N5O3S. The standard InChI is InChI=1S/C24H21N5O3S/c1-15-9-11-17(12-10-15)28-22(31)19-7-3-4-8-20(19)29-23(28)26-27-24(29)33-16(2)21(30)25-14-18-6-5-13-32-18/h3-13,16H,14H2,1-2H3,(H,25,30). The molecular weight excluding hydrogens is 438 g/mol. The molecule has 0 saturated carbocycles. The quantitative estimate of drug-likeness (QED) is 0.389. The van der Waals surface area contributed by atoms with E-state index in [9.17, 15) is 9.59 Å². The minimum atomic E-state index is -0.439. The van der Waals surface area contributed by atoms with Gasteiger partial charge in [-0.05, 0) is 50.2 Å². The number of carbonyl (C=O) groups is 1. The summed E-state index contributed by atoms with van der Waals surface area (Å²) in [4.78, 5) is 26.0. The first-order valence-corrected chi connectivity index (χ1v) is 11.3. The van der Waals surface area contributed by atoms with Crippen molar-refractivity contribution < 1.29 is 9.21 Å². The molecule has 33 heavy (non-hydrogen) atoms. The van der Waals surface area contributed by atoms with Crippen molar-refractivity contribution >= 4 is 34.3 Å². The maximum atomic E-state index is 13.4. The molecule has 0 aliphatic rings. The summed E-state index contributed by atoms with van der Waals surface area (Å²) in [6, 6.07) is 18.6. The van der Waals surface area contributed by atoms with Crippen LogP contribution in [0.25, 0.3) is 22.4 Å². The predicted molar refractivity (Wildman–Crippen MR) is 127 cm³/mol. The molecule has 3 heterocycles. The zero-order valence-electron chi connectivity index (χ0n) is 18.1. The van der Waals surface area contributed by atoms with E-state index in [1.165, 1.54) is 11.8 Å². The van der Waals surface area contributed by atoms with Crippen LogP contribution in [0.3, 0.4) is 0 Å². The van der Waals surface area contributed by atoms with Crippen LogP contribution < -0.4 is 10.9 Å². The number of nitrogens with one attached hydrogen (secondary N) is 1. The average Bonchev–Trinajstić information content (AvgIpc) is 3.49. The second kappa shape index (κ2) is 8.59. The third kappa shape index (κ3) is 3.91. The molecule has 166 valence electrons. The number of rotatable bonds is 6. The van der Waals surface area contributed by atoms with Gasteiger partial charge in [0, 0.05) is 0 Å². The number of benzene rings is 2. The molecule has 1 N–H and O–H groups in total. The molecule has 1 atom stereocenters. The summed E-state index contributed by atoms with van der Waals surface area (Å²) >= 11 is 1.28. The monoisotopic (exact) mass is 459 g/mol. The lowest BCUT2D eigenvalue weighted by Crippen LogP contribution is -2.30. The van der Waals surface area contributed by atoms with Crippen molar-refractivity contribution in [1.29, 1.82) is 0 Å². The van der Waals surface area contributed by atoms with Gasteiger partial charge in [-0.25, -0.2) is 4.57 Å². The van der Waals surface area contributed by atoms with Gasteiger partial charge in [-0.3, -0.25) is 14.0 Å². The van der Waals surface area contributed by atoms with Crippen LogP contribution in [0.5, 0.6) is 0 Å². The highest BCUT2D eigenvalue weighted by atomic mass is 32.2. The number of aromatic nitrogens is 4. The van der Waals surface area contributed by atoms with E-state index in [1.807, 2.05) is 53.8 Å². The Morgan fingerprint density at radius 2 is 1.88 bits per heavy atom. The Labute approximate surface area is 193 Å². The highest BCUT2D eigenvalue weighted by Crippen LogP contribution is 2.26. The molecule has 5 rings (SSSR count). The fourth-order valence-electron chi connectivity index (χ4n) is 3.62.